The van der Waals surface area contributed by atoms with Crippen LogP contribution < -0.4 is 9.62 Å². The molecule has 0 amide bonds. The highest BCUT2D eigenvalue weighted by Gasteiger charge is 2.34. The summed E-state index contributed by atoms with van der Waals surface area (Å²) in [5.41, 5.74) is 4.13. The second-order valence-electron chi connectivity index (χ2n) is 7.31. The van der Waals surface area contributed by atoms with Crippen LogP contribution in [-0.4, -0.2) is 26.1 Å². The molecular formula is C23H24N2O3S2. The van der Waals surface area contributed by atoms with E-state index in [1.165, 1.54) is 0 Å². The van der Waals surface area contributed by atoms with Crippen LogP contribution in [0.2, 0.25) is 0 Å². The average molecular weight is 441 g/mol. The monoisotopic (exact) mass is 440 g/mol. The van der Waals surface area contributed by atoms with E-state index in [-0.39, 0.29) is 4.90 Å². The van der Waals surface area contributed by atoms with Crippen LogP contribution in [0.3, 0.4) is 0 Å². The van der Waals surface area contributed by atoms with Gasteiger partial charge >= 0.3 is 0 Å². The molecule has 0 aromatic heterocycles. The van der Waals surface area contributed by atoms with Crippen LogP contribution in [0.1, 0.15) is 17.5 Å². The molecule has 4 rings (SSSR count). The van der Waals surface area contributed by atoms with E-state index >= 15 is 0 Å². The van der Waals surface area contributed by atoms with Gasteiger partial charge in [-0.15, -0.1) is 0 Å². The number of nitrogens with zero attached hydrogens (tertiary/aromatic N) is 1. The van der Waals surface area contributed by atoms with Gasteiger partial charge in [0.2, 0.25) is 10.0 Å². The second-order valence-corrected chi connectivity index (χ2v) is 10.5. The molecule has 3 aromatic rings. The zero-order chi connectivity index (χ0) is 21.3. The van der Waals surface area contributed by atoms with E-state index < -0.39 is 21.2 Å². The Morgan fingerprint density at radius 2 is 1.63 bits per heavy atom. The van der Waals surface area contributed by atoms with Crippen LogP contribution in [0.4, 0.5) is 11.4 Å². The van der Waals surface area contributed by atoms with Crippen molar-refractivity contribution in [3.8, 4) is 0 Å². The standard InChI is InChI=1S/C23H24N2O3S2/c1-17-13-14-22-23(18(17)2)25(20-11-6-7-12-21(20)29(22)26)16-8-15-24-30(27,28)19-9-4-3-5-10-19/h3-7,9-14,24H,8,15-16H2,1-2H3. The van der Waals surface area contributed by atoms with Crippen molar-refractivity contribution < 1.29 is 13.0 Å². The number of nitrogens with one attached hydrogen (secondary N) is 1. The largest absolute Gasteiger partial charge is 0.606 e. The Balaban J connectivity index is 1.56. The third kappa shape index (κ3) is 3.86. The molecule has 0 saturated carbocycles. The fourth-order valence-corrected chi connectivity index (χ4v) is 6.23. The number of aryl methyl sites for hydroxylation is 1. The van der Waals surface area contributed by atoms with E-state index in [1.54, 1.807) is 30.3 Å². The zero-order valence-corrected chi connectivity index (χ0v) is 18.6. The first kappa shape index (κ1) is 20.9. The van der Waals surface area contributed by atoms with E-state index in [1.807, 2.05) is 50.2 Å². The maximum absolute atomic E-state index is 13.1. The fourth-order valence-electron chi connectivity index (χ4n) is 3.70. The Kier molecular flexibility index (Phi) is 5.88. The molecule has 1 heterocycles. The third-order valence-electron chi connectivity index (χ3n) is 5.39. The highest BCUT2D eigenvalue weighted by atomic mass is 32.2. The normalized spacial score (nSPS) is 15.6. The van der Waals surface area contributed by atoms with Gasteiger partial charge in [0, 0.05) is 24.3 Å². The first-order valence-corrected chi connectivity index (χ1v) is 12.5. The molecule has 1 N–H and O–H groups in total. The van der Waals surface area contributed by atoms with E-state index in [2.05, 4.69) is 9.62 Å². The van der Waals surface area contributed by atoms with Gasteiger partial charge in [-0.1, -0.05) is 36.4 Å². The molecule has 5 nitrogen and oxygen atoms in total. The Hall–Kier alpha value is -2.32. The smallest absolute Gasteiger partial charge is 0.240 e. The summed E-state index contributed by atoms with van der Waals surface area (Å²) in [6.07, 6.45) is 0.611. The maximum atomic E-state index is 13.1. The number of fused-ring (bicyclic) bond motifs is 2. The summed E-state index contributed by atoms with van der Waals surface area (Å²) in [5, 5.41) is 0. The van der Waals surface area contributed by atoms with Crippen molar-refractivity contribution >= 4 is 32.6 Å². The summed E-state index contributed by atoms with van der Waals surface area (Å²) in [5.74, 6) is 0. The van der Waals surface area contributed by atoms with Crippen LogP contribution in [-0.2, 0) is 21.2 Å². The number of anilines is 2. The van der Waals surface area contributed by atoms with E-state index in [4.69, 9.17) is 0 Å². The van der Waals surface area contributed by atoms with Crippen LogP contribution in [0.25, 0.3) is 0 Å². The Morgan fingerprint density at radius 1 is 0.933 bits per heavy atom. The SMILES string of the molecule is Cc1ccc2c(c1C)N(CCCNS(=O)(=O)c1ccccc1)c1ccccc1[S+]2[O-]. The number of benzene rings is 3. The van der Waals surface area contributed by atoms with Gasteiger partial charge in [0.05, 0.1) is 10.6 Å². The van der Waals surface area contributed by atoms with Crippen molar-refractivity contribution in [1.82, 2.24) is 4.72 Å². The first-order chi connectivity index (χ1) is 14.4. The highest BCUT2D eigenvalue weighted by molar-refractivity contribution is 7.92. The Labute approximate surface area is 181 Å². The number of sulfonamides is 1. The number of hydrogen-bond donors (Lipinski definition) is 1. The minimum atomic E-state index is -3.53. The molecule has 30 heavy (non-hydrogen) atoms. The molecule has 0 bridgehead atoms. The van der Waals surface area contributed by atoms with Gasteiger partial charge in [0.1, 0.15) is 5.69 Å². The number of para-hydroxylation sites is 1. The lowest BCUT2D eigenvalue weighted by Gasteiger charge is -2.34. The summed E-state index contributed by atoms with van der Waals surface area (Å²) >= 11 is -1.23. The molecule has 156 valence electrons. The average Bonchev–Trinajstić information content (AvgIpc) is 2.76. The van der Waals surface area contributed by atoms with Gasteiger partial charge < -0.3 is 9.45 Å². The zero-order valence-electron chi connectivity index (χ0n) is 17.0. The lowest BCUT2D eigenvalue weighted by molar-refractivity contribution is 0.579. The molecule has 7 heteroatoms. The molecular weight excluding hydrogens is 416 g/mol. The second kappa shape index (κ2) is 8.43. The van der Waals surface area contributed by atoms with E-state index in [0.29, 0.717) is 19.5 Å². The first-order valence-electron chi connectivity index (χ1n) is 9.83. The van der Waals surface area contributed by atoms with Crippen LogP contribution in [0.5, 0.6) is 0 Å². The minimum Gasteiger partial charge on any atom is -0.606 e. The molecule has 1 aliphatic rings. The molecule has 1 aliphatic heterocycles. The van der Waals surface area contributed by atoms with E-state index in [0.717, 1.165) is 32.3 Å². The predicted molar refractivity (Wildman–Crippen MR) is 120 cm³/mol. The number of hydrogen-bond acceptors (Lipinski definition) is 4. The molecule has 1 atom stereocenters. The molecule has 0 aliphatic carbocycles. The van der Waals surface area contributed by atoms with Crippen LogP contribution in [0, 0.1) is 13.8 Å². The highest BCUT2D eigenvalue weighted by Crippen LogP contribution is 2.46. The maximum Gasteiger partial charge on any atom is 0.240 e. The molecule has 0 fully saturated rings. The van der Waals surface area contributed by atoms with Crippen molar-refractivity contribution in [3.63, 3.8) is 0 Å². The molecule has 0 saturated heterocycles. The number of rotatable bonds is 6. The van der Waals surface area contributed by atoms with Crippen LogP contribution in [0.15, 0.2) is 81.4 Å². The lowest BCUT2D eigenvalue weighted by Crippen LogP contribution is -2.31. The van der Waals surface area contributed by atoms with E-state index in [9.17, 15) is 13.0 Å². The van der Waals surface area contributed by atoms with Gasteiger partial charge in [-0.05, 0) is 61.7 Å². The fraction of sp³-hybridized carbons (Fsp3) is 0.217. The quantitative estimate of drug-likeness (QED) is 0.458. The molecule has 3 aromatic carbocycles. The molecule has 0 radical (unpaired) electrons. The van der Waals surface area contributed by atoms with Gasteiger partial charge in [-0.3, -0.25) is 0 Å². The summed E-state index contributed by atoms with van der Waals surface area (Å²) in [6, 6.07) is 20.0. The molecule has 1 unspecified atom stereocenters. The van der Waals surface area contributed by atoms with Crippen molar-refractivity contribution in [3.05, 3.63) is 77.9 Å². The topological polar surface area (TPSA) is 72.5 Å². The summed E-state index contributed by atoms with van der Waals surface area (Å²) < 4.78 is 40.7. The Bertz CT molecular complexity index is 1160. The van der Waals surface area contributed by atoms with Crippen molar-refractivity contribution in [2.24, 2.45) is 0 Å². The van der Waals surface area contributed by atoms with Gasteiger partial charge in [-0.25, -0.2) is 13.1 Å². The van der Waals surface area contributed by atoms with Crippen LogP contribution >= 0.6 is 0 Å². The third-order valence-corrected chi connectivity index (χ3v) is 8.34. The van der Waals surface area contributed by atoms with Crippen molar-refractivity contribution in [2.45, 2.75) is 35.0 Å². The van der Waals surface area contributed by atoms with Crippen molar-refractivity contribution in [2.75, 3.05) is 18.0 Å². The molecule has 0 spiro atoms. The van der Waals surface area contributed by atoms with Gasteiger partial charge in [0.25, 0.3) is 0 Å². The predicted octanol–water partition coefficient (Wildman–Crippen LogP) is 4.29. The van der Waals surface area contributed by atoms with Gasteiger partial charge in [-0.2, -0.15) is 0 Å². The van der Waals surface area contributed by atoms with Crippen molar-refractivity contribution in [1.29, 1.82) is 0 Å². The minimum absolute atomic E-state index is 0.264. The lowest BCUT2D eigenvalue weighted by atomic mass is 10.1. The Morgan fingerprint density at radius 3 is 2.40 bits per heavy atom. The van der Waals surface area contributed by atoms with Gasteiger partial charge in [0.15, 0.2) is 9.79 Å². The summed E-state index contributed by atoms with van der Waals surface area (Å²) in [4.78, 5) is 4.03. The summed E-state index contributed by atoms with van der Waals surface area (Å²) in [7, 11) is -3.53. The summed E-state index contributed by atoms with van der Waals surface area (Å²) in [6.45, 7) is 5.03.